The first kappa shape index (κ1) is 14.2. The van der Waals surface area contributed by atoms with Gasteiger partial charge >= 0.3 is 0 Å². The number of carbonyl (C=O) groups is 1. The quantitative estimate of drug-likeness (QED) is 0.804. The zero-order chi connectivity index (χ0) is 15.0. The molecule has 3 heterocycles. The van der Waals surface area contributed by atoms with Crippen LogP contribution in [-0.4, -0.2) is 68.6 Å². The minimum atomic E-state index is -0.0327. The summed E-state index contributed by atoms with van der Waals surface area (Å²) in [4.78, 5) is 21.1. The van der Waals surface area contributed by atoms with Crippen LogP contribution in [0.1, 0.15) is 17.3 Å². The van der Waals surface area contributed by atoms with Gasteiger partial charge in [0.1, 0.15) is 11.4 Å². The summed E-state index contributed by atoms with van der Waals surface area (Å²) >= 11 is 1.82. The number of thioether (sulfide) groups is 1. The van der Waals surface area contributed by atoms with Crippen LogP contribution in [0.3, 0.4) is 0 Å². The minimum Gasteiger partial charge on any atom is -0.383 e. The lowest BCUT2D eigenvalue weighted by Crippen LogP contribution is -2.49. The molecule has 3 rings (SSSR count). The van der Waals surface area contributed by atoms with Gasteiger partial charge in [0.05, 0.1) is 12.7 Å². The number of aromatic nitrogens is 2. The number of hydrogen-bond donors (Lipinski definition) is 1. The molecule has 7 nitrogen and oxygen atoms in total. The lowest BCUT2D eigenvalue weighted by molar-refractivity contribution is 0.0694. The first-order valence-electron chi connectivity index (χ1n) is 7.09. The number of nitrogens with zero attached hydrogens (tertiary/aromatic N) is 5. The zero-order valence-corrected chi connectivity index (χ0v) is 13.1. The summed E-state index contributed by atoms with van der Waals surface area (Å²) in [6.45, 7) is 6.12. The third-order valence-electron chi connectivity index (χ3n) is 3.84. The van der Waals surface area contributed by atoms with E-state index in [1.807, 2.05) is 16.7 Å². The number of nitrogens with two attached hydrogens (primary N) is 1. The molecule has 1 fully saturated rings. The van der Waals surface area contributed by atoms with Crippen LogP contribution in [-0.2, 0) is 7.05 Å². The predicted octanol–water partition coefficient (Wildman–Crippen LogP) is 0.251. The predicted molar refractivity (Wildman–Crippen MR) is 84.5 cm³/mol. The van der Waals surface area contributed by atoms with Crippen molar-refractivity contribution in [2.24, 2.45) is 12.0 Å². The third kappa shape index (κ3) is 2.72. The maximum atomic E-state index is 12.5. The van der Waals surface area contributed by atoms with E-state index in [0.29, 0.717) is 29.7 Å². The molecule has 114 valence electrons. The number of amides is 1. The van der Waals surface area contributed by atoms with Gasteiger partial charge in [0.15, 0.2) is 5.17 Å². The topological polar surface area (TPSA) is 79.8 Å². The van der Waals surface area contributed by atoms with Crippen molar-refractivity contribution in [3.05, 3.63) is 11.8 Å². The van der Waals surface area contributed by atoms with E-state index < -0.39 is 0 Å². The number of aliphatic imine (C=N–C) groups is 1. The van der Waals surface area contributed by atoms with Crippen LogP contribution < -0.4 is 5.73 Å². The lowest BCUT2D eigenvalue weighted by Gasteiger charge is -2.35. The highest BCUT2D eigenvalue weighted by molar-refractivity contribution is 8.14. The molecule has 0 radical (unpaired) electrons. The number of rotatable bonds is 1. The van der Waals surface area contributed by atoms with Gasteiger partial charge in [0.2, 0.25) is 0 Å². The molecule has 1 atom stereocenters. The average Bonchev–Trinajstić information content (AvgIpc) is 3.06. The molecular weight excluding hydrogens is 288 g/mol. The molecular formula is C13H20N6OS. The number of piperazine rings is 1. The fourth-order valence-corrected chi connectivity index (χ4v) is 3.51. The van der Waals surface area contributed by atoms with E-state index in [1.165, 1.54) is 4.68 Å². The van der Waals surface area contributed by atoms with E-state index in [1.54, 1.807) is 13.2 Å². The summed E-state index contributed by atoms with van der Waals surface area (Å²) in [7, 11) is 1.74. The van der Waals surface area contributed by atoms with Gasteiger partial charge in [-0.05, 0) is 0 Å². The van der Waals surface area contributed by atoms with Crippen LogP contribution in [0.4, 0.5) is 5.82 Å². The van der Waals surface area contributed by atoms with Gasteiger partial charge < -0.3 is 15.5 Å². The molecule has 2 aliphatic rings. The van der Waals surface area contributed by atoms with Crippen LogP contribution >= 0.6 is 11.8 Å². The van der Waals surface area contributed by atoms with Crippen molar-refractivity contribution in [1.82, 2.24) is 19.6 Å². The van der Waals surface area contributed by atoms with Gasteiger partial charge in [-0.15, -0.1) is 0 Å². The Kier molecular flexibility index (Phi) is 3.79. The number of anilines is 1. The molecule has 0 bridgehead atoms. The Morgan fingerprint density at radius 2 is 2.10 bits per heavy atom. The Balaban J connectivity index is 1.61. The van der Waals surface area contributed by atoms with Crippen LogP contribution in [0, 0.1) is 0 Å². The summed E-state index contributed by atoms with van der Waals surface area (Å²) in [5.74, 6) is 0.390. The fourth-order valence-electron chi connectivity index (χ4n) is 2.52. The molecule has 0 spiro atoms. The molecule has 8 heteroatoms. The van der Waals surface area contributed by atoms with Crippen LogP contribution in [0.5, 0.6) is 0 Å². The van der Waals surface area contributed by atoms with E-state index in [9.17, 15) is 4.79 Å². The van der Waals surface area contributed by atoms with Gasteiger partial charge in [-0.1, -0.05) is 18.7 Å². The number of amidine groups is 1. The van der Waals surface area contributed by atoms with E-state index >= 15 is 0 Å². The summed E-state index contributed by atoms with van der Waals surface area (Å²) in [5, 5.41) is 5.72. The molecule has 0 unspecified atom stereocenters. The Morgan fingerprint density at radius 1 is 1.38 bits per heavy atom. The Bertz CT molecular complexity index is 575. The minimum absolute atomic E-state index is 0.0327. The molecule has 2 aliphatic heterocycles. The highest BCUT2D eigenvalue weighted by Gasteiger charge is 2.28. The maximum Gasteiger partial charge on any atom is 0.259 e. The second-order valence-corrected chi connectivity index (χ2v) is 6.80. The largest absolute Gasteiger partial charge is 0.383 e. The van der Waals surface area contributed by atoms with Crippen molar-refractivity contribution in [2.75, 3.05) is 38.5 Å². The van der Waals surface area contributed by atoms with Gasteiger partial charge in [-0.2, -0.15) is 5.10 Å². The summed E-state index contributed by atoms with van der Waals surface area (Å²) in [6.07, 6.45) is 1.54. The number of aryl methyl sites for hydroxylation is 1. The molecule has 1 amide bonds. The molecule has 0 aromatic carbocycles. The summed E-state index contributed by atoms with van der Waals surface area (Å²) < 4.78 is 1.52. The SMILES string of the molecule is C[C@H]1CN=C(N2CCN(C(=O)c3cnn(C)c3N)CC2)S1. The molecule has 21 heavy (non-hydrogen) atoms. The second-order valence-electron chi connectivity index (χ2n) is 5.40. The molecule has 0 aliphatic carbocycles. The molecule has 1 aromatic rings. The Hall–Kier alpha value is -1.70. The van der Waals surface area contributed by atoms with Crippen molar-refractivity contribution in [1.29, 1.82) is 0 Å². The highest BCUT2D eigenvalue weighted by Crippen LogP contribution is 2.24. The first-order chi connectivity index (χ1) is 10.1. The molecule has 2 N–H and O–H groups in total. The fraction of sp³-hybridized carbons (Fsp3) is 0.615. The van der Waals surface area contributed by atoms with Gasteiger partial charge in [0, 0.05) is 38.5 Å². The number of hydrogen-bond acceptors (Lipinski definition) is 6. The van der Waals surface area contributed by atoms with Crippen LogP contribution in [0.25, 0.3) is 0 Å². The standard InChI is InChI=1S/C13H20N6OS/c1-9-7-15-13(21-9)19-5-3-18(4-6-19)12(20)10-8-16-17(2)11(10)14/h8-9H,3-7,14H2,1-2H3/t9-/m0/s1. The maximum absolute atomic E-state index is 12.5. The summed E-state index contributed by atoms with van der Waals surface area (Å²) in [6, 6.07) is 0. The molecule has 1 saturated heterocycles. The van der Waals surface area contributed by atoms with Crippen LogP contribution in [0.2, 0.25) is 0 Å². The van der Waals surface area contributed by atoms with Crippen molar-refractivity contribution in [2.45, 2.75) is 12.2 Å². The lowest BCUT2D eigenvalue weighted by atomic mass is 10.2. The van der Waals surface area contributed by atoms with Crippen molar-refractivity contribution in [3.8, 4) is 0 Å². The smallest absolute Gasteiger partial charge is 0.259 e. The van der Waals surface area contributed by atoms with Gasteiger partial charge in [-0.3, -0.25) is 14.5 Å². The van der Waals surface area contributed by atoms with Crippen molar-refractivity contribution < 1.29 is 4.79 Å². The number of nitrogen functional groups attached to an aromatic ring is 1. The van der Waals surface area contributed by atoms with E-state index in [0.717, 1.165) is 24.8 Å². The van der Waals surface area contributed by atoms with Gasteiger partial charge in [-0.25, -0.2) is 0 Å². The van der Waals surface area contributed by atoms with Crippen molar-refractivity contribution >= 4 is 28.7 Å². The third-order valence-corrected chi connectivity index (χ3v) is 4.99. The Morgan fingerprint density at radius 3 is 2.62 bits per heavy atom. The Labute approximate surface area is 128 Å². The first-order valence-corrected chi connectivity index (χ1v) is 7.97. The van der Waals surface area contributed by atoms with Gasteiger partial charge in [0.25, 0.3) is 5.91 Å². The highest BCUT2D eigenvalue weighted by atomic mass is 32.2. The van der Waals surface area contributed by atoms with E-state index in [2.05, 4.69) is 21.9 Å². The average molecular weight is 308 g/mol. The monoisotopic (exact) mass is 308 g/mol. The van der Waals surface area contributed by atoms with E-state index in [4.69, 9.17) is 5.73 Å². The van der Waals surface area contributed by atoms with Crippen molar-refractivity contribution in [3.63, 3.8) is 0 Å². The molecule has 0 saturated carbocycles. The summed E-state index contributed by atoms with van der Waals surface area (Å²) in [5.41, 5.74) is 6.37. The normalized spacial score (nSPS) is 22.6. The molecule has 1 aromatic heterocycles. The zero-order valence-electron chi connectivity index (χ0n) is 12.3. The second kappa shape index (κ2) is 5.59. The number of carbonyl (C=O) groups excluding carboxylic acids is 1. The van der Waals surface area contributed by atoms with E-state index in [-0.39, 0.29) is 5.91 Å². The van der Waals surface area contributed by atoms with Crippen LogP contribution in [0.15, 0.2) is 11.2 Å².